The predicted octanol–water partition coefficient (Wildman–Crippen LogP) is 5.34. The number of benzene rings is 1. The molecule has 0 aliphatic heterocycles. The predicted molar refractivity (Wildman–Crippen MR) is 70.6 cm³/mol. The van der Waals surface area contributed by atoms with Crippen LogP contribution in [0.1, 0.15) is 36.6 Å². The third-order valence-corrected chi connectivity index (χ3v) is 3.59. The van der Waals surface area contributed by atoms with E-state index in [1.54, 1.807) is 18.2 Å². The smallest absolute Gasteiger partial charge is 0.243 e. The number of rotatable bonds is 1. The highest BCUT2D eigenvalue weighted by molar-refractivity contribution is 6.36. The molecule has 0 radical (unpaired) electrons. The molecular weight excluding hydrogens is 275 g/mol. The number of para-hydroxylation sites is 1. The van der Waals surface area contributed by atoms with Crippen LogP contribution in [-0.4, -0.2) is 4.98 Å². The van der Waals surface area contributed by atoms with Gasteiger partial charge in [-0.25, -0.2) is 4.98 Å². The molecule has 19 heavy (non-hydrogen) atoms. The van der Waals surface area contributed by atoms with Gasteiger partial charge in [-0.05, 0) is 24.0 Å². The second-order valence-corrected chi connectivity index (χ2v) is 5.17. The standard InChI is InChI=1S/C14H13ClF3N/c1-7(2)9-5-4-6-10-11(15)8(3)13(14(16,17)18)19-12(9)10/h4-7H,1-3H3. The monoisotopic (exact) mass is 287 g/mol. The molecular formula is C14H13ClF3N. The van der Waals surface area contributed by atoms with Crippen LogP contribution in [-0.2, 0) is 6.18 Å². The molecule has 1 aromatic heterocycles. The average Bonchev–Trinajstić information content (AvgIpc) is 2.31. The van der Waals surface area contributed by atoms with Crippen LogP contribution >= 0.6 is 11.6 Å². The van der Waals surface area contributed by atoms with E-state index in [2.05, 4.69) is 4.98 Å². The van der Waals surface area contributed by atoms with E-state index in [4.69, 9.17) is 11.6 Å². The van der Waals surface area contributed by atoms with Crippen molar-refractivity contribution < 1.29 is 13.2 Å². The van der Waals surface area contributed by atoms with E-state index in [9.17, 15) is 13.2 Å². The first kappa shape index (κ1) is 14.1. The maximum absolute atomic E-state index is 13.0. The van der Waals surface area contributed by atoms with Crippen molar-refractivity contribution in [1.29, 1.82) is 0 Å². The molecule has 0 saturated heterocycles. The molecule has 1 aromatic carbocycles. The summed E-state index contributed by atoms with van der Waals surface area (Å²) in [5.41, 5.74) is 0.172. The molecule has 0 spiro atoms. The summed E-state index contributed by atoms with van der Waals surface area (Å²) in [4.78, 5) is 3.82. The maximum Gasteiger partial charge on any atom is 0.433 e. The van der Waals surface area contributed by atoms with E-state index in [1.807, 2.05) is 13.8 Å². The van der Waals surface area contributed by atoms with Gasteiger partial charge in [-0.15, -0.1) is 0 Å². The number of fused-ring (bicyclic) bond motifs is 1. The molecule has 1 nitrogen and oxygen atoms in total. The van der Waals surface area contributed by atoms with Crippen molar-refractivity contribution in [1.82, 2.24) is 4.98 Å². The normalized spacial score (nSPS) is 12.4. The molecule has 2 aromatic rings. The van der Waals surface area contributed by atoms with Crippen molar-refractivity contribution >= 4 is 22.5 Å². The van der Waals surface area contributed by atoms with Crippen molar-refractivity contribution in [3.63, 3.8) is 0 Å². The molecule has 0 N–H and O–H groups in total. The molecule has 2 rings (SSSR count). The summed E-state index contributed by atoms with van der Waals surface area (Å²) in [6.45, 7) is 5.18. The Labute approximate surface area is 114 Å². The molecule has 0 aliphatic carbocycles. The van der Waals surface area contributed by atoms with Crippen LogP contribution in [0.3, 0.4) is 0 Å². The fourth-order valence-corrected chi connectivity index (χ4v) is 2.35. The second kappa shape index (κ2) is 4.67. The lowest BCUT2D eigenvalue weighted by molar-refractivity contribution is -0.141. The van der Waals surface area contributed by atoms with Gasteiger partial charge in [0.25, 0.3) is 0 Å². The lowest BCUT2D eigenvalue weighted by atomic mass is 9.98. The Morgan fingerprint density at radius 3 is 2.37 bits per heavy atom. The van der Waals surface area contributed by atoms with Crippen molar-refractivity contribution in [3.8, 4) is 0 Å². The summed E-state index contributed by atoms with van der Waals surface area (Å²) >= 11 is 6.07. The largest absolute Gasteiger partial charge is 0.433 e. The van der Waals surface area contributed by atoms with Gasteiger partial charge in [-0.1, -0.05) is 43.6 Å². The van der Waals surface area contributed by atoms with E-state index in [0.29, 0.717) is 10.9 Å². The Bertz CT molecular complexity index is 633. The molecule has 0 unspecified atom stereocenters. The lowest BCUT2D eigenvalue weighted by Gasteiger charge is -2.16. The van der Waals surface area contributed by atoms with Crippen molar-refractivity contribution in [2.45, 2.75) is 32.9 Å². The minimum absolute atomic E-state index is 0.0254. The Balaban J connectivity index is 2.90. The van der Waals surface area contributed by atoms with Gasteiger partial charge in [0, 0.05) is 5.39 Å². The minimum atomic E-state index is -4.49. The van der Waals surface area contributed by atoms with Gasteiger partial charge < -0.3 is 0 Å². The highest BCUT2D eigenvalue weighted by Gasteiger charge is 2.36. The molecule has 0 bridgehead atoms. The number of halogens is 4. The van der Waals surface area contributed by atoms with Gasteiger partial charge in [-0.3, -0.25) is 0 Å². The molecule has 1 heterocycles. The topological polar surface area (TPSA) is 12.9 Å². The van der Waals surface area contributed by atoms with Gasteiger partial charge in [0.15, 0.2) is 0 Å². The van der Waals surface area contributed by atoms with Crippen LogP contribution in [0, 0.1) is 6.92 Å². The molecule has 0 saturated carbocycles. The van der Waals surface area contributed by atoms with Crippen LogP contribution in [0.5, 0.6) is 0 Å². The zero-order valence-corrected chi connectivity index (χ0v) is 11.5. The van der Waals surface area contributed by atoms with Gasteiger partial charge in [0.2, 0.25) is 0 Å². The summed E-state index contributed by atoms with van der Waals surface area (Å²) in [5, 5.41) is 0.693. The third-order valence-electron chi connectivity index (χ3n) is 3.10. The number of hydrogen-bond donors (Lipinski definition) is 0. The fraction of sp³-hybridized carbons (Fsp3) is 0.357. The van der Waals surface area contributed by atoms with Gasteiger partial charge in [-0.2, -0.15) is 13.2 Å². The van der Waals surface area contributed by atoms with E-state index in [1.165, 1.54) is 6.92 Å². The van der Waals surface area contributed by atoms with Gasteiger partial charge >= 0.3 is 6.18 Å². The highest BCUT2D eigenvalue weighted by Crippen LogP contribution is 2.38. The van der Waals surface area contributed by atoms with Crippen LogP contribution in [0.15, 0.2) is 18.2 Å². The number of nitrogens with zero attached hydrogens (tertiary/aromatic N) is 1. The summed E-state index contributed by atoms with van der Waals surface area (Å²) in [7, 11) is 0. The zero-order valence-electron chi connectivity index (χ0n) is 10.8. The first-order valence-electron chi connectivity index (χ1n) is 5.89. The summed E-state index contributed by atoms with van der Waals surface area (Å²) < 4.78 is 38.9. The Kier molecular flexibility index (Phi) is 3.47. The average molecular weight is 288 g/mol. The molecule has 102 valence electrons. The van der Waals surface area contributed by atoms with Gasteiger partial charge in [0.1, 0.15) is 5.69 Å². The number of aromatic nitrogens is 1. The third kappa shape index (κ3) is 2.41. The van der Waals surface area contributed by atoms with E-state index in [0.717, 1.165) is 5.56 Å². The fourth-order valence-electron chi connectivity index (χ4n) is 2.11. The Morgan fingerprint density at radius 2 is 1.84 bits per heavy atom. The number of alkyl halides is 3. The first-order valence-corrected chi connectivity index (χ1v) is 6.27. The van der Waals surface area contributed by atoms with E-state index >= 15 is 0 Å². The quantitative estimate of drug-likeness (QED) is 0.690. The maximum atomic E-state index is 13.0. The summed E-state index contributed by atoms with van der Waals surface area (Å²) in [6.07, 6.45) is -4.49. The zero-order chi connectivity index (χ0) is 14.4. The molecule has 5 heteroatoms. The minimum Gasteiger partial charge on any atom is -0.243 e. The summed E-state index contributed by atoms with van der Waals surface area (Å²) in [6, 6.07) is 5.27. The van der Waals surface area contributed by atoms with Crippen LogP contribution in [0.2, 0.25) is 5.02 Å². The Morgan fingerprint density at radius 1 is 1.21 bits per heavy atom. The SMILES string of the molecule is Cc1c(C(F)(F)F)nc2c(C(C)C)cccc2c1Cl. The van der Waals surface area contributed by atoms with Crippen LogP contribution in [0.25, 0.3) is 10.9 Å². The van der Waals surface area contributed by atoms with Crippen molar-refractivity contribution in [2.75, 3.05) is 0 Å². The first-order chi connectivity index (χ1) is 8.73. The van der Waals surface area contributed by atoms with Crippen LogP contribution < -0.4 is 0 Å². The van der Waals surface area contributed by atoms with Crippen LogP contribution in [0.4, 0.5) is 13.2 Å². The molecule has 0 aliphatic rings. The van der Waals surface area contributed by atoms with E-state index in [-0.39, 0.29) is 16.5 Å². The number of hydrogen-bond acceptors (Lipinski definition) is 1. The van der Waals surface area contributed by atoms with E-state index < -0.39 is 11.9 Å². The Hall–Kier alpha value is -1.29. The molecule has 0 amide bonds. The van der Waals surface area contributed by atoms with Crippen molar-refractivity contribution in [3.05, 3.63) is 40.0 Å². The highest BCUT2D eigenvalue weighted by atomic mass is 35.5. The van der Waals surface area contributed by atoms with Gasteiger partial charge in [0.05, 0.1) is 10.5 Å². The second-order valence-electron chi connectivity index (χ2n) is 4.80. The molecule has 0 atom stereocenters. The molecule has 0 fully saturated rings. The lowest BCUT2D eigenvalue weighted by Crippen LogP contribution is -2.12. The van der Waals surface area contributed by atoms with Crippen molar-refractivity contribution in [2.24, 2.45) is 0 Å². The summed E-state index contributed by atoms with van der Waals surface area (Å²) in [5.74, 6) is 0.0797. The number of pyridine rings is 1.